The number of nitrogens with one attached hydrogen (secondary N) is 1. The smallest absolute Gasteiger partial charge is 0.0236 e. The predicted molar refractivity (Wildman–Crippen MR) is 91.6 cm³/mol. The molecule has 0 radical (unpaired) electrons. The van der Waals surface area contributed by atoms with Gasteiger partial charge in [-0.2, -0.15) is 0 Å². The third-order valence-electron chi connectivity index (χ3n) is 4.61. The zero-order valence-electron chi connectivity index (χ0n) is 14.1. The van der Waals surface area contributed by atoms with Crippen LogP contribution in [0.25, 0.3) is 0 Å². The van der Waals surface area contributed by atoms with Gasteiger partial charge in [-0.05, 0) is 56.4 Å². The Kier molecular flexibility index (Phi) is 6.72. The first-order valence-corrected chi connectivity index (χ1v) is 8.64. The van der Waals surface area contributed by atoms with Crippen LogP contribution in [-0.2, 0) is 13.0 Å². The van der Waals surface area contributed by atoms with E-state index in [1.165, 1.54) is 36.8 Å². The number of benzene rings is 1. The number of nitrogens with zero attached hydrogens (tertiary/aromatic N) is 1. The summed E-state index contributed by atoms with van der Waals surface area (Å²) in [6.07, 6.45) is 6.73. The van der Waals surface area contributed by atoms with Gasteiger partial charge in [-0.15, -0.1) is 0 Å². The highest BCUT2D eigenvalue weighted by atomic mass is 15.1. The summed E-state index contributed by atoms with van der Waals surface area (Å²) < 4.78 is 0. The first-order valence-electron chi connectivity index (χ1n) is 8.64. The van der Waals surface area contributed by atoms with E-state index in [-0.39, 0.29) is 0 Å². The summed E-state index contributed by atoms with van der Waals surface area (Å²) in [4.78, 5) is 2.56. The van der Waals surface area contributed by atoms with Crippen LogP contribution in [0.2, 0.25) is 0 Å². The lowest BCUT2D eigenvalue weighted by atomic mass is 10.0. The summed E-state index contributed by atoms with van der Waals surface area (Å²) in [6, 6.07) is 9.77. The molecule has 118 valence electrons. The Labute approximate surface area is 130 Å². The van der Waals surface area contributed by atoms with E-state index < -0.39 is 0 Å². The summed E-state index contributed by atoms with van der Waals surface area (Å²) in [7, 11) is 2.30. The minimum Gasteiger partial charge on any atom is -0.316 e. The molecular weight excluding hydrogens is 256 g/mol. The molecule has 1 aliphatic rings. The van der Waals surface area contributed by atoms with Crippen molar-refractivity contribution in [2.24, 2.45) is 5.92 Å². The molecule has 0 aliphatic heterocycles. The number of rotatable bonds is 8. The van der Waals surface area contributed by atoms with Crippen LogP contribution in [0.3, 0.4) is 0 Å². The third-order valence-corrected chi connectivity index (χ3v) is 4.61. The summed E-state index contributed by atoms with van der Waals surface area (Å²) in [6.45, 7) is 7.83. The van der Waals surface area contributed by atoms with Crippen molar-refractivity contribution in [3.63, 3.8) is 0 Å². The van der Waals surface area contributed by atoms with E-state index >= 15 is 0 Å². The van der Waals surface area contributed by atoms with E-state index in [4.69, 9.17) is 0 Å². The van der Waals surface area contributed by atoms with Crippen LogP contribution in [0, 0.1) is 5.92 Å². The van der Waals surface area contributed by atoms with E-state index in [0.29, 0.717) is 0 Å². The van der Waals surface area contributed by atoms with Crippen LogP contribution in [0.5, 0.6) is 0 Å². The molecule has 0 amide bonds. The summed E-state index contributed by atoms with van der Waals surface area (Å²) in [5.74, 6) is 0.730. The second-order valence-electron chi connectivity index (χ2n) is 6.97. The molecule has 1 saturated carbocycles. The van der Waals surface area contributed by atoms with Crippen molar-refractivity contribution in [2.75, 3.05) is 20.1 Å². The molecule has 1 aliphatic carbocycles. The standard InChI is InChI=1S/C19H32N2/c1-16(2)14-20-13-12-17-8-4-5-9-18(17)15-21(3)19-10-6-7-11-19/h4-5,8-9,16,19-20H,6-7,10-15H2,1-3H3. The van der Waals surface area contributed by atoms with Gasteiger partial charge in [-0.1, -0.05) is 51.0 Å². The Morgan fingerprint density at radius 1 is 1.14 bits per heavy atom. The molecule has 0 atom stereocenters. The molecule has 1 fully saturated rings. The van der Waals surface area contributed by atoms with Gasteiger partial charge in [-0.25, -0.2) is 0 Å². The number of hydrogen-bond acceptors (Lipinski definition) is 2. The Bertz CT molecular complexity index is 408. The molecule has 21 heavy (non-hydrogen) atoms. The van der Waals surface area contributed by atoms with Gasteiger partial charge in [0.1, 0.15) is 0 Å². The highest BCUT2D eigenvalue weighted by Crippen LogP contribution is 2.24. The lowest BCUT2D eigenvalue weighted by Gasteiger charge is -2.25. The molecule has 0 spiro atoms. The van der Waals surface area contributed by atoms with Gasteiger partial charge in [0.15, 0.2) is 0 Å². The van der Waals surface area contributed by atoms with E-state index in [2.05, 4.69) is 55.4 Å². The van der Waals surface area contributed by atoms with Gasteiger partial charge in [0.05, 0.1) is 0 Å². The van der Waals surface area contributed by atoms with Crippen molar-refractivity contribution in [2.45, 2.75) is 58.5 Å². The molecule has 0 unspecified atom stereocenters. The molecule has 2 nitrogen and oxygen atoms in total. The largest absolute Gasteiger partial charge is 0.316 e. The van der Waals surface area contributed by atoms with Crippen LogP contribution in [0.15, 0.2) is 24.3 Å². The number of hydrogen-bond donors (Lipinski definition) is 1. The first kappa shape index (κ1) is 16.5. The van der Waals surface area contributed by atoms with E-state index in [1.54, 1.807) is 0 Å². The highest BCUT2D eigenvalue weighted by molar-refractivity contribution is 5.27. The van der Waals surface area contributed by atoms with Gasteiger partial charge in [0.2, 0.25) is 0 Å². The molecule has 2 rings (SSSR count). The van der Waals surface area contributed by atoms with Gasteiger partial charge in [0, 0.05) is 12.6 Å². The fourth-order valence-electron chi connectivity index (χ4n) is 3.31. The van der Waals surface area contributed by atoms with Crippen molar-refractivity contribution in [1.29, 1.82) is 0 Å². The molecule has 2 heteroatoms. The van der Waals surface area contributed by atoms with Crippen LogP contribution < -0.4 is 5.32 Å². The highest BCUT2D eigenvalue weighted by Gasteiger charge is 2.19. The molecule has 0 aromatic heterocycles. The third kappa shape index (κ3) is 5.44. The zero-order chi connectivity index (χ0) is 15.1. The Balaban J connectivity index is 1.86. The molecule has 1 aromatic rings. The monoisotopic (exact) mass is 288 g/mol. The summed E-state index contributed by atoms with van der Waals surface area (Å²) in [5, 5.41) is 3.56. The second kappa shape index (κ2) is 8.55. The summed E-state index contributed by atoms with van der Waals surface area (Å²) in [5.41, 5.74) is 3.02. The van der Waals surface area contributed by atoms with Crippen molar-refractivity contribution < 1.29 is 0 Å². The molecule has 0 heterocycles. The molecule has 1 aromatic carbocycles. The molecule has 0 saturated heterocycles. The zero-order valence-corrected chi connectivity index (χ0v) is 14.1. The maximum absolute atomic E-state index is 3.56. The average Bonchev–Trinajstić information content (AvgIpc) is 2.99. The predicted octanol–water partition coefficient (Wildman–Crippen LogP) is 3.85. The normalized spacial score (nSPS) is 16.2. The average molecular weight is 288 g/mol. The van der Waals surface area contributed by atoms with Crippen molar-refractivity contribution in [1.82, 2.24) is 10.2 Å². The Morgan fingerprint density at radius 3 is 2.48 bits per heavy atom. The Morgan fingerprint density at radius 2 is 1.81 bits per heavy atom. The van der Waals surface area contributed by atoms with Crippen LogP contribution in [-0.4, -0.2) is 31.1 Å². The van der Waals surface area contributed by atoms with Crippen LogP contribution in [0.1, 0.15) is 50.7 Å². The quantitative estimate of drug-likeness (QED) is 0.731. The van der Waals surface area contributed by atoms with E-state index in [1.807, 2.05) is 0 Å². The molecule has 1 N–H and O–H groups in total. The van der Waals surface area contributed by atoms with Crippen molar-refractivity contribution >= 4 is 0 Å². The van der Waals surface area contributed by atoms with Gasteiger partial charge in [-0.3, -0.25) is 4.90 Å². The minimum atomic E-state index is 0.730. The topological polar surface area (TPSA) is 15.3 Å². The maximum atomic E-state index is 3.56. The summed E-state index contributed by atoms with van der Waals surface area (Å²) >= 11 is 0. The second-order valence-corrected chi connectivity index (χ2v) is 6.97. The van der Waals surface area contributed by atoms with Crippen LogP contribution >= 0.6 is 0 Å². The maximum Gasteiger partial charge on any atom is 0.0236 e. The molecular formula is C19H32N2. The fourth-order valence-corrected chi connectivity index (χ4v) is 3.31. The Hall–Kier alpha value is -0.860. The SMILES string of the molecule is CC(C)CNCCc1ccccc1CN(C)C1CCCC1. The molecule has 0 bridgehead atoms. The van der Waals surface area contributed by atoms with Gasteiger partial charge < -0.3 is 5.32 Å². The minimum absolute atomic E-state index is 0.730. The lowest BCUT2D eigenvalue weighted by molar-refractivity contribution is 0.237. The lowest BCUT2D eigenvalue weighted by Crippen LogP contribution is -2.29. The van der Waals surface area contributed by atoms with Gasteiger partial charge >= 0.3 is 0 Å². The fraction of sp³-hybridized carbons (Fsp3) is 0.684. The first-order chi connectivity index (χ1) is 10.2. The van der Waals surface area contributed by atoms with E-state index in [9.17, 15) is 0 Å². The van der Waals surface area contributed by atoms with E-state index in [0.717, 1.165) is 38.0 Å². The van der Waals surface area contributed by atoms with Crippen LogP contribution in [0.4, 0.5) is 0 Å². The van der Waals surface area contributed by atoms with Crippen molar-refractivity contribution in [3.05, 3.63) is 35.4 Å². The van der Waals surface area contributed by atoms with Crippen molar-refractivity contribution in [3.8, 4) is 0 Å². The van der Waals surface area contributed by atoms with Gasteiger partial charge in [0.25, 0.3) is 0 Å².